The summed E-state index contributed by atoms with van der Waals surface area (Å²) >= 11 is 0. The standard InChI is InChI=1S/C15H13F4NO3/c16-11-6-5-8(15(17,18)19)7-12(11)20-13(21)9-3-1-2-4-10(9)14(22)23/h1-2,5-7,9-10H,3-4H2,(H,20,21)(H,22,23)/t9-,10-/m1/s1. The van der Waals surface area contributed by atoms with E-state index < -0.39 is 47.0 Å². The van der Waals surface area contributed by atoms with Crippen molar-refractivity contribution in [1.29, 1.82) is 0 Å². The number of carboxylic acid groups (broad SMARTS) is 1. The average molecular weight is 331 g/mol. The molecule has 0 radical (unpaired) electrons. The Balaban J connectivity index is 2.23. The fourth-order valence-corrected chi connectivity index (χ4v) is 2.40. The molecular formula is C15H13F4NO3. The first kappa shape index (κ1) is 17.0. The number of rotatable bonds is 3. The van der Waals surface area contributed by atoms with Gasteiger partial charge in [0.05, 0.1) is 23.1 Å². The summed E-state index contributed by atoms with van der Waals surface area (Å²) in [5.74, 6) is -4.98. The molecule has 0 heterocycles. The number of benzene rings is 1. The summed E-state index contributed by atoms with van der Waals surface area (Å²) in [5.41, 5.74) is -1.73. The maximum Gasteiger partial charge on any atom is 0.416 e. The smallest absolute Gasteiger partial charge is 0.416 e. The fourth-order valence-electron chi connectivity index (χ4n) is 2.40. The number of hydrogen-bond donors (Lipinski definition) is 2. The van der Waals surface area contributed by atoms with Gasteiger partial charge in [-0.15, -0.1) is 0 Å². The van der Waals surface area contributed by atoms with Crippen LogP contribution in [0.3, 0.4) is 0 Å². The molecule has 0 aromatic heterocycles. The van der Waals surface area contributed by atoms with E-state index in [0.717, 1.165) is 0 Å². The minimum absolute atomic E-state index is 0.128. The Labute approximate surface area is 128 Å². The maximum atomic E-state index is 13.6. The van der Waals surface area contributed by atoms with Gasteiger partial charge in [0.1, 0.15) is 5.82 Å². The van der Waals surface area contributed by atoms with E-state index in [1.165, 1.54) is 0 Å². The highest BCUT2D eigenvalue weighted by atomic mass is 19.4. The summed E-state index contributed by atoms with van der Waals surface area (Å²) in [7, 11) is 0. The molecule has 1 aliphatic carbocycles. The number of alkyl halides is 3. The van der Waals surface area contributed by atoms with Crippen LogP contribution in [0.4, 0.5) is 23.2 Å². The second-order valence-corrected chi connectivity index (χ2v) is 5.18. The molecule has 0 bridgehead atoms. The lowest BCUT2D eigenvalue weighted by Gasteiger charge is -2.24. The molecule has 0 fully saturated rings. The van der Waals surface area contributed by atoms with Crippen molar-refractivity contribution in [3.63, 3.8) is 0 Å². The topological polar surface area (TPSA) is 66.4 Å². The van der Waals surface area contributed by atoms with Gasteiger partial charge < -0.3 is 10.4 Å². The number of carbonyl (C=O) groups excluding carboxylic acids is 1. The number of carboxylic acids is 1. The molecule has 0 aliphatic heterocycles. The number of amides is 1. The van der Waals surface area contributed by atoms with Gasteiger partial charge in [-0.05, 0) is 31.0 Å². The van der Waals surface area contributed by atoms with Crippen LogP contribution in [0.5, 0.6) is 0 Å². The minimum atomic E-state index is -4.68. The van der Waals surface area contributed by atoms with Crippen molar-refractivity contribution in [2.45, 2.75) is 19.0 Å². The van der Waals surface area contributed by atoms with Gasteiger partial charge in [-0.25, -0.2) is 4.39 Å². The molecule has 1 aromatic rings. The van der Waals surface area contributed by atoms with Crippen molar-refractivity contribution < 1.29 is 32.3 Å². The van der Waals surface area contributed by atoms with Crippen LogP contribution in [0.2, 0.25) is 0 Å². The lowest BCUT2D eigenvalue weighted by atomic mass is 9.82. The molecular weight excluding hydrogens is 318 g/mol. The Morgan fingerprint density at radius 2 is 1.74 bits per heavy atom. The zero-order valence-corrected chi connectivity index (χ0v) is 11.7. The van der Waals surface area contributed by atoms with E-state index in [-0.39, 0.29) is 12.8 Å². The zero-order chi connectivity index (χ0) is 17.2. The molecule has 0 saturated carbocycles. The van der Waals surface area contributed by atoms with E-state index in [2.05, 4.69) is 5.32 Å². The molecule has 0 saturated heterocycles. The van der Waals surface area contributed by atoms with Crippen LogP contribution >= 0.6 is 0 Å². The summed E-state index contributed by atoms with van der Waals surface area (Å²) in [4.78, 5) is 23.3. The van der Waals surface area contributed by atoms with Gasteiger partial charge in [-0.1, -0.05) is 12.2 Å². The van der Waals surface area contributed by atoms with Gasteiger partial charge in [-0.2, -0.15) is 13.2 Å². The molecule has 2 rings (SSSR count). The highest BCUT2D eigenvalue weighted by Gasteiger charge is 2.35. The second-order valence-electron chi connectivity index (χ2n) is 5.18. The van der Waals surface area contributed by atoms with Crippen molar-refractivity contribution in [3.05, 3.63) is 41.7 Å². The lowest BCUT2D eigenvalue weighted by Crippen LogP contribution is -2.35. The predicted molar refractivity (Wildman–Crippen MR) is 73.0 cm³/mol. The Morgan fingerprint density at radius 3 is 2.30 bits per heavy atom. The number of halogens is 4. The number of aliphatic carboxylic acids is 1. The quantitative estimate of drug-likeness (QED) is 0.658. The van der Waals surface area contributed by atoms with Gasteiger partial charge in [0.2, 0.25) is 5.91 Å². The van der Waals surface area contributed by atoms with Crippen LogP contribution in [-0.2, 0) is 15.8 Å². The number of carbonyl (C=O) groups is 2. The molecule has 1 aliphatic rings. The summed E-state index contributed by atoms with van der Waals surface area (Å²) in [5, 5.41) is 11.2. The van der Waals surface area contributed by atoms with Gasteiger partial charge in [0, 0.05) is 0 Å². The summed E-state index contributed by atoms with van der Waals surface area (Å²) in [6.07, 6.45) is -1.17. The van der Waals surface area contributed by atoms with E-state index in [1.807, 2.05) is 0 Å². The molecule has 2 N–H and O–H groups in total. The third-order valence-corrected chi connectivity index (χ3v) is 3.64. The van der Waals surface area contributed by atoms with Gasteiger partial charge in [-0.3, -0.25) is 9.59 Å². The van der Waals surface area contributed by atoms with Crippen molar-refractivity contribution in [3.8, 4) is 0 Å². The van der Waals surface area contributed by atoms with Crippen molar-refractivity contribution >= 4 is 17.6 Å². The third-order valence-electron chi connectivity index (χ3n) is 3.64. The van der Waals surface area contributed by atoms with Crippen LogP contribution < -0.4 is 5.32 Å². The predicted octanol–water partition coefficient (Wildman–Crippen LogP) is 3.45. The molecule has 23 heavy (non-hydrogen) atoms. The molecule has 8 heteroatoms. The van der Waals surface area contributed by atoms with Crippen LogP contribution in [-0.4, -0.2) is 17.0 Å². The SMILES string of the molecule is O=C(O)[C@@H]1CC=CC[C@H]1C(=O)Nc1cc(C(F)(F)F)ccc1F. The Hall–Kier alpha value is -2.38. The first-order chi connectivity index (χ1) is 10.7. The molecule has 0 unspecified atom stereocenters. The summed E-state index contributed by atoms with van der Waals surface area (Å²) in [6.45, 7) is 0. The second kappa shape index (κ2) is 6.39. The van der Waals surface area contributed by atoms with Crippen molar-refractivity contribution in [2.24, 2.45) is 11.8 Å². The number of hydrogen-bond acceptors (Lipinski definition) is 2. The highest BCUT2D eigenvalue weighted by molar-refractivity contribution is 5.95. The number of allylic oxidation sites excluding steroid dienone is 2. The molecule has 1 aromatic carbocycles. The number of anilines is 1. The highest BCUT2D eigenvalue weighted by Crippen LogP contribution is 2.33. The largest absolute Gasteiger partial charge is 0.481 e. The van der Waals surface area contributed by atoms with E-state index in [1.54, 1.807) is 12.2 Å². The first-order valence-electron chi connectivity index (χ1n) is 6.75. The minimum Gasteiger partial charge on any atom is -0.481 e. The van der Waals surface area contributed by atoms with Gasteiger partial charge in [0.15, 0.2) is 0 Å². The summed E-state index contributed by atoms with van der Waals surface area (Å²) < 4.78 is 51.5. The van der Waals surface area contributed by atoms with E-state index >= 15 is 0 Å². The Morgan fingerprint density at radius 1 is 1.13 bits per heavy atom. The molecule has 0 spiro atoms. The Bertz CT molecular complexity index is 655. The van der Waals surface area contributed by atoms with Crippen LogP contribution in [0, 0.1) is 17.7 Å². The van der Waals surface area contributed by atoms with Crippen molar-refractivity contribution in [2.75, 3.05) is 5.32 Å². The van der Waals surface area contributed by atoms with Gasteiger partial charge >= 0.3 is 12.1 Å². The Kier molecular flexibility index (Phi) is 4.72. The average Bonchev–Trinajstić information content (AvgIpc) is 2.48. The van der Waals surface area contributed by atoms with E-state index in [9.17, 15) is 27.2 Å². The molecule has 4 nitrogen and oxygen atoms in total. The third kappa shape index (κ3) is 3.88. The van der Waals surface area contributed by atoms with Crippen molar-refractivity contribution in [1.82, 2.24) is 0 Å². The monoisotopic (exact) mass is 331 g/mol. The van der Waals surface area contributed by atoms with E-state index in [0.29, 0.717) is 18.2 Å². The normalized spacial score (nSPS) is 21.0. The van der Waals surface area contributed by atoms with E-state index in [4.69, 9.17) is 5.11 Å². The van der Waals surface area contributed by atoms with Gasteiger partial charge in [0.25, 0.3) is 0 Å². The number of nitrogens with one attached hydrogen (secondary N) is 1. The molecule has 1 amide bonds. The molecule has 2 atom stereocenters. The lowest BCUT2D eigenvalue weighted by molar-refractivity contribution is -0.146. The summed E-state index contributed by atoms with van der Waals surface area (Å²) in [6, 6.07) is 1.66. The fraction of sp³-hybridized carbons (Fsp3) is 0.333. The van der Waals surface area contributed by atoms with Crippen LogP contribution in [0.1, 0.15) is 18.4 Å². The molecule has 124 valence electrons. The van der Waals surface area contributed by atoms with Crippen LogP contribution in [0.25, 0.3) is 0 Å². The first-order valence-corrected chi connectivity index (χ1v) is 6.75. The zero-order valence-electron chi connectivity index (χ0n) is 11.7. The maximum absolute atomic E-state index is 13.6. The van der Waals surface area contributed by atoms with Crippen LogP contribution in [0.15, 0.2) is 30.4 Å².